The average Bonchev–Trinajstić information content (AvgIpc) is 3.35. The summed E-state index contributed by atoms with van der Waals surface area (Å²) in [4.78, 5) is 54.6. The van der Waals surface area contributed by atoms with Gasteiger partial charge >= 0.3 is 11.9 Å². The highest BCUT2D eigenvalue weighted by atomic mass is 79.9. The van der Waals surface area contributed by atoms with Crippen LogP contribution >= 0.6 is 27.5 Å². The van der Waals surface area contributed by atoms with Crippen LogP contribution in [-0.2, 0) is 17.9 Å². The number of nitrogens with one attached hydrogen (secondary N) is 1. The molecule has 0 radical (unpaired) electrons. The molecule has 3 amide bonds. The van der Waals surface area contributed by atoms with Crippen molar-refractivity contribution in [3.8, 4) is 17.2 Å². The highest BCUT2D eigenvalue weighted by Crippen LogP contribution is 2.29. The lowest BCUT2D eigenvalue weighted by Crippen LogP contribution is -2.43. The van der Waals surface area contributed by atoms with Crippen LogP contribution in [0.4, 0.5) is 17.6 Å². The van der Waals surface area contributed by atoms with Gasteiger partial charge in [-0.05, 0) is 85.2 Å². The molecule has 3 aromatic carbocycles. The smallest absolute Gasteiger partial charge is 0.422 e. The molecule has 4 aromatic rings. The summed E-state index contributed by atoms with van der Waals surface area (Å²) < 4.78 is 66.8. The predicted molar refractivity (Wildman–Crippen MR) is 182 cm³/mol. The van der Waals surface area contributed by atoms with Crippen molar-refractivity contribution < 1.29 is 41.4 Å². The molecule has 51 heavy (non-hydrogen) atoms. The number of rotatable bonds is 10. The Labute approximate surface area is 302 Å². The van der Waals surface area contributed by atoms with E-state index in [4.69, 9.17) is 26.8 Å². The summed E-state index contributed by atoms with van der Waals surface area (Å²) >= 11 is 9.50. The molecule has 1 atom stereocenters. The number of aromatic nitrogens is 2. The minimum absolute atomic E-state index is 0.0114. The van der Waals surface area contributed by atoms with Crippen LogP contribution in [0.5, 0.6) is 11.5 Å². The summed E-state index contributed by atoms with van der Waals surface area (Å²) in [6.07, 6.45) is -4.57. The van der Waals surface area contributed by atoms with Crippen molar-refractivity contribution in [2.45, 2.75) is 51.7 Å². The Kier molecular flexibility index (Phi) is 10.6. The summed E-state index contributed by atoms with van der Waals surface area (Å²) in [6.45, 7) is 2.78. The number of nitrogens with two attached hydrogens (primary N) is 1. The van der Waals surface area contributed by atoms with Gasteiger partial charge in [-0.2, -0.15) is 13.2 Å². The molecule has 0 spiro atoms. The van der Waals surface area contributed by atoms with Crippen LogP contribution in [0.25, 0.3) is 5.69 Å². The quantitative estimate of drug-likeness (QED) is 0.191. The zero-order valence-corrected chi connectivity index (χ0v) is 29.7. The number of amides is 3. The molecule has 0 unspecified atom stereocenters. The maximum atomic E-state index is 15.3. The van der Waals surface area contributed by atoms with Gasteiger partial charge in [-0.1, -0.05) is 17.7 Å². The Balaban J connectivity index is 1.50. The number of alkyl halides is 3. The molecular weight excluding hydrogens is 766 g/mol. The molecule has 0 bridgehead atoms. The Morgan fingerprint density at radius 3 is 2.29 bits per heavy atom. The molecule has 11 nitrogen and oxygen atoms in total. The fraction of sp³-hybridized carbons (Fsp3) is 0.294. The third-order valence-corrected chi connectivity index (χ3v) is 9.33. The number of halogens is 6. The van der Waals surface area contributed by atoms with Crippen molar-refractivity contribution in [2.75, 3.05) is 13.2 Å². The van der Waals surface area contributed by atoms with Gasteiger partial charge in [-0.15, -0.1) is 0 Å². The van der Waals surface area contributed by atoms with Crippen LogP contribution < -0.4 is 26.2 Å². The summed E-state index contributed by atoms with van der Waals surface area (Å²) in [7, 11) is 0. The van der Waals surface area contributed by atoms with Gasteiger partial charge in [0, 0.05) is 34.8 Å². The van der Waals surface area contributed by atoms with E-state index in [1.807, 2.05) is 0 Å². The van der Waals surface area contributed by atoms with Gasteiger partial charge in [0.15, 0.2) is 12.2 Å². The molecule has 0 saturated heterocycles. The Bertz CT molecular complexity index is 2070. The zero-order chi connectivity index (χ0) is 37.4. The average molecular weight is 797 g/mol. The van der Waals surface area contributed by atoms with Crippen LogP contribution in [-0.4, -0.2) is 56.7 Å². The largest absolute Gasteiger partial charge is 0.484 e. The van der Waals surface area contributed by atoms with Gasteiger partial charge in [0.1, 0.15) is 23.0 Å². The minimum atomic E-state index is -4.57. The maximum absolute atomic E-state index is 15.3. The fourth-order valence-electron chi connectivity index (χ4n) is 5.38. The van der Waals surface area contributed by atoms with Gasteiger partial charge in [-0.3, -0.25) is 23.5 Å². The van der Waals surface area contributed by atoms with E-state index in [0.29, 0.717) is 9.50 Å². The topological polar surface area (TPSA) is 138 Å². The van der Waals surface area contributed by atoms with E-state index in [1.54, 1.807) is 12.1 Å². The number of nitrogens with zero attached hydrogens (tertiary/aromatic N) is 3. The van der Waals surface area contributed by atoms with E-state index < -0.39 is 53.7 Å². The number of benzene rings is 3. The highest BCUT2D eigenvalue weighted by molar-refractivity contribution is 9.10. The van der Waals surface area contributed by atoms with Crippen molar-refractivity contribution in [1.29, 1.82) is 0 Å². The molecule has 1 aromatic heterocycles. The monoisotopic (exact) mass is 795 g/mol. The first-order chi connectivity index (χ1) is 23.9. The van der Waals surface area contributed by atoms with Crippen LogP contribution in [0.2, 0.25) is 5.02 Å². The lowest BCUT2D eigenvalue weighted by molar-refractivity contribution is -0.153. The number of fused-ring (bicyclic) bond motifs is 1. The van der Waals surface area contributed by atoms with E-state index in [1.165, 1.54) is 72.7 Å². The molecule has 3 N–H and O–H groups in total. The van der Waals surface area contributed by atoms with Gasteiger partial charge in [0.05, 0.1) is 29.0 Å². The third kappa shape index (κ3) is 8.22. The predicted octanol–water partition coefficient (Wildman–Crippen LogP) is 5.92. The maximum Gasteiger partial charge on any atom is 0.422 e. The van der Waals surface area contributed by atoms with E-state index in [0.717, 1.165) is 10.6 Å². The summed E-state index contributed by atoms with van der Waals surface area (Å²) in [6, 6.07) is 12.6. The second-order valence-electron chi connectivity index (χ2n) is 12.2. The second-order valence-corrected chi connectivity index (χ2v) is 13.4. The molecule has 5 rings (SSSR count). The first-order valence-corrected chi connectivity index (χ1v) is 16.5. The van der Waals surface area contributed by atoms with Crippen molar-refractivity contribution >= 4 is 45.3 Å². The Morgan fingerprint density at radius 1 is 1.02 bits per heavy atom. The van der Waals surface area contributed by atoms with E-state index in [9.17, 15) is 32.3 Å². The summed E-state index contributed by atoms with van der Waals surface area (Å²) in [5.41, 5.74) is 3.72. The van der Waals surface area contributed by atoms with E-state index >= 15 is 4.39 Å². The van der Waals surface area contributed by atoms with Crippen LogP contribution in [0.3, 0.4) is 0 Å². The van der Waals surface area contributed by atoms with E-state index in [2.05, 4.69) is 21.2 Å². The highest BCUT2D eigenvalue weighted by Gasteiger charge is 2.34. The minimum Gasteiger partial charge on any atom is -0.484 e. The Hall–Kier alpha value is -4.83. The molecule has 1 aliphatic heterocycles. The van der Waals surface area contributed by atoms with Crippen LogP contribution in [0, 0.1) is 5.82 Å². The molecular formula is C34H31BrClF4N5O6. The summed E-state index contributed by atoms with van der Waals surface area (Å²) in [5, 5.41) is 3.01. The van der Waals surface area contributed by atoms with Gasteiger partial charge in [0.2, 0.25) is 0 Å². The van der Waals surface area contributed by atoms with Crippen LogP contribution in [0.1, 0.15) is 58.9 Å². The molecule has 1 aliphatic rings. The van der Waals surface area contributed by atoms with Crippen LogP contribution in [0.15, 0.2) is 69.9 Å². The first kappa shape index (κ1) is 37.4. The molecule has 270 valence electrons. The van der Waals surface area contributed by atoms with Gasteiger partial charge < -0.3 is 25.4 Å². The second kappa shape index (κ2) is 14.4. The standard InChI is InChI=1S/C34H31BrClF4N5O6/c1-18(23-10-9-22(15-26(23)37)51-33(2,3)31(41)48)42-29(46)28-27-16-43(30(47)19-4-11-24(35)25(36)14-19)12-13-44(27)32(49)45(28)20-5-7-21(8-6-20)50-17-34(38,39)40/h4-11,14-15,18H,12-13,16-17H2,1-3H3,(H2,41,48)(H,42,46)/t18-/m1/s1. The van der Waals surface area contributed by atoms with Crippen molar-refractivity contribution in [3.63, 3.8) is 0 Å². The van der Waals surface area contributed by atoms with Crippen molar-refractivity contribution in [1.82, 2.24) is 19.4 Å². The van der Waals surface area contributed by atoms with E-state index in [-0.39, 0.29) is 59.3 Å². The number of hydrogen-bond donors (Lipinski definition) is 2. The van der Waals surface area contributed by atoms with Crippen molar-refractivity contribution in [3.05, 3.63) is 109 Å². The SMILES string of the molecule is C[C@@H](NC(=O)c1c2n(c(=O)n1-c1ccc(OCC(F)(F)F)cc1)CCN(C(=O)c1ccc(Br)c(Cl)c1)C2)c1ccc(OC(C)(C)C(N)=O)cc1F. The molecule has 0 aliphatic carbocycles. The number of primary amides is 1. The number of ether oxygens (including phenoxy) is 2. The van der Waals surface area contributed by atoms with Crippen molar-refractivity contribution in [2.24, 2.45) is 5.73 Å². The Morgan fingerprint density at radius 2 is 1.69 bits per heavy atom. The van der Waals surface area contributed by atoms with Gasteiger partial charge in [0.25, 0.3) is 17.7 Å². The number of carbonyl (C=O) groups is 3. The van der Waals surface area contributed by atoms with Gasteiger partial charge in [-0.25, -0.2) is 9.18 Å². The normalized spacial score (nSPS) is 13.7. The molecule has 0 saturated carbocycles. The first-order valence-electron chi connectivity index (χ1n) is 15.3. The number of hydrogen-bond acceptors (Lipinski definition) is 6. The third-order valence-electron chi connectivity index (χ3n) is 8.10. The molecule has 17 heteroatoms. The fourth-order valence-corrected chi connectivity index (χ4v) is 5.81. The lowest BCUT2D eigenvalue weighted by atomic mass is 10.1. The number of imidazole rings is 1. The number of carbonyl (C=O) groups excluding carboxylic acids is 3. The molecule has 0 fully saturated rings. The summed E-state index contributed by atoms with van der Waals surface area (Å²) in [5.74, 6) is -2.85. The molecule has 2 heterocycles. The lowest BCUT2D eigenvalue weighted by Gasteiger charge is -2.28. The zero-order valence-electron chi connectivity index (χ0n) is 27.3.